The predicted molar refractivity (Wildman–Crippen MR) is 95.7 cm³/mol. The number of nitrogens with one attached hydrogen (secondary N) is 1. The molecule has 0 radical (unpaired) electrons. The standard InChI is InChI=1S/C20H32N2O2/c1-4-15(5-2)20(23)22-10-8-16(9-11-22)21-13-17-6-7-19(24-17)18-12-14(18)3/h6-7,14-16,18,21H,4-5,8-13H2,1-3H3. The molecule has 4 nitrogen and oxygen atoms in total. The van der Waals surface area contributed by atoms with Crippen LogP contribution < -0.4 is 5.32 Å². The van der Waals surface area contributed by atoms with Crippen molar-refractivity contribution >= 4 is 5.91 Å². The fourth-order valence-electron chi connectivity index (χ4n) is 3.85. The van der Waals surface area contributed by atoms with Crippen molar-refractivity contribution in [1.29, 1.82) is 0 Å². The van der Waals surface area contributed by atoms with Crippen molar-refractivity contribution in [1.82, 2.24) is 10.2 Å². The Labute approximate surface area is 146 Å². The Kier molecular flexibility index (Phi) is 5.65. The molecule has 0 aromatic carbocycles. The Morgan fingerprint density at radius 1 is 1.29 bits per heavy atom. The van der Waals surface area contributed by atoms with E-state index in [9.17, 15) is 4.79 Å². The van der Waals surface area contributed by atoms with Gasteiger partial charge in [-0.2, -0.15) is 0 Å². The largest absolute Gasteiger partial charge is 0.464 e. The minimum atomic E-state index is 0.209. The molecule has 0 bridgehead atoms. The molecule has 1 saturated carbocycles. The SMILES string of the molecule is CCC(CC)C(=O)N1CCC(NCc2ccc(C3CC3C)o2)CC1. The molecule has 134 valence electrons. The lowest BCUT2D eigenvalue weighted by Crippen LogP contribution is -2.46. The van der Waals surface area contributed by atoms with Crippen molar-refractivity contribution in [2.45, 2.75) is 71.4 Å². The van der Waals surface area contributed by atoms with Crippen LogP contribution in [-0.2, 0) is 11.3 Å². The number of likely N-dealkylation sites (tertiary alicyclic amines) is 1. The number of rotatable bonds is 7. The van der Waals surface area contributed by atoms with Crippen molar-refractivity contribution in [2.24, 2.45) is 11.8 Å². The smallest absolute Gasteiger partial charge is 0.225 e. The highest BCUT2D eigenvalue weighted by Gasteiger charge is 2.36. The number of carbonyl (C=O) groups excluding carboxylic acids is 1. The van der Waals surface area contributed by atoms with Gasteiger partial charge in [0.2, 0.25) is 5.91 Å². The Bertz CT molecular complexity index is 542. The summed E-state index contributed by atoms with van der Waals surface area (Å²) in [5.41, 5.74) is 0. The Morgan fingerprint density at radius 3 is 2.54 bits per heavy atom. The van der Waals surface area contributed by atoms with Crippen molar-refractivity contribution < 1.29 is 9.21 Å². The van der Waals surface area contributed by atoms with E-state index in [0.29, 0.717) is 17.9 Å². The molecule has 2 aliphatic rings. The Hall–Kier alpha value is -1.29. The summed E-state index contributed by atoms with van der Waals surface area (Å²) in [5.74, 6) is 4.20. The molecule has 2 atom stereocenters. The normalized spacial score (nSPS) is 24.6. The van der Waals surface area contributed by atoms with Crippen molar-refractivity contribution in [2.75, 3.05) is 13.1 Å². The number of carbonyl (C=O) groups is 1. The molecule has 2 fully saturated rings. The van der Waals surface area contributed by atoms with Crippen molar-refractivity contribution in [3.63, 3.8) is 0 Å². The highest BCUT2D eigenvalue weighted by Crippen LogP contribution is 2.47. The van der Waals surface area contributed by atoms with E-state index in [-0.39, 0.29) is 5.92 Å². The third-order valence-corrected chi connectivity index (χ3v) is 5.86. The molecule has 2 unspecified atom stereocenters. The predicted octanol–water partition coefficient (Wildman–Crippen LogP) is 3.92. The molecule has 4 heteroatoms. The van der Waals surface area contributed by atoms with Gasteiger partial charge in [-0.3, -0.25) is 4.79 Å². The van der Waals surface area contributed by atoms with Crippen LogP contribution in [0.15, 0.2) is 16.5 Å². The van der Waals surface area contributed by atoms with Crippen LogP contribution in [0.5, 0.6) is 0 Å². The molecule has 1 aliphatic heterocycles. The fourth-order valence-corrected chi connectivity index (χ4v) is 3.85. The maximum absolute atomic E-state index is 12.4. The number of furan rings is 1. The first kappa shape index (κ1) is 17.5. The van der Waals surface area contributed by atoms with Gasteiger partial charge in [-0.05, 0) is 50.2 Å². The van der Waals surface area contributed by atoms with E-state index in [2.05, 4.69) is 43.1 Å². The van der Waals surface area contributed by atoms with E-state index in [0.717, 1.165) is 62.8 Å². The Balaban J connectivity index is 1.41. The molecule has 1 aromatic heterocycles. The minimum absolute atomic E-state index is 0.209. The van der Waals surface area contributed by atoms with Crippen LogP contribution in [0, 0.1) is 11.8 Å². The van der Waals surface area contributed by atoms with Crippen LogP contribution in [0.3, 0.4) is 0 Å². The Morgan fingerprint density at radius 2 is 1.96 bits per heavy atom. The van der Waals surface area contributed by atoms with Gasteiger partial charge in [-0.1, -0.05) is 20.8 Å². The van der Waals surface area contributed by atoms with E-state index in [1.165, 1.54) is 6.42 Å². The molecule has 2 heterocycles. The van der Waals surface area contributed by atoms with Crippen LogP contribution >= 0.6 is 0 Å². The summed E-state index contributed by atoms with van der Waals surface area (Å²) in [6, 6.07) is 4.74. The highest BCUT2D eigenvalue weighted by atomic mass is 16.3. The van der Waals surface area contributed by atoms with Crippen LogP contribution in [0.4, 0.5) is 0 Å². The molecule has 3 rings (SSSR count). The van der Waals surface area contributed by atoms with E-state index in [1.54, 1.807) is 0 Å². The van der Waals surface area contributed by atoms with Gasteiger partial charge in [-0.25, -0.2) is 0 Å². The average molecular weight is 332 g/mol. The maximum Gasteiger partial charge on any atom is 0.225 e. The first-order valence-corrected chi connectivity index (χ1v) is 9.73. The highest BCUT2D eigenvalue weighted by molar-refractivity contribution is 5.78. The molecular weight excluding hydrogens is 300 g/mol. The second-order valence-electron chi connectivity index (χ2n) is 7.62. The third kappa shape index (κ3) is 4.02. The lowest BCUT2D eigenvalue weighted by molar-refractivity contribution is -0.136. The number of amides is 1. The summed E-state index contributed by atoms with van der Waals surface area (Å²) < 4.78 is 5.96. The topological polar surface area (TPSA) is 45.5 Å². The fraction of sp³-hybridized carbons (Fsp3) is 0.750. The molecule has 0 spiro atoms. The summed E-state index contributed by atoms with van der Waals surface area (Å²) in [4.78, 5) is 14.5. The van der Waals surface area contributed by atoms with Crippen LogP contribution in [0.2, 0.25) is 0 Å². The third-order valence-electron chi connectivity index (χ3n) is 5.86. The van der Waals surface area contributed by atoms with E-state index in [4.69, 9.17) is 4.42 Å². The van der Waals surface area contributed by atoms with E-state index < -0.39 is 0 Å². The van der Waals surface area contributed by atoms with Crippen molar-refractivity contribution in [3.8, 4) is 0 Å². The van der Waals surface area contributed by atoms with Crippen LogP contribution in [-0.4, -0.2) is 29.9 Å². The maximum atomic E-state index is 12.4. The number of hydrogen-bond donors (Lipinski definition) is 1. The van der Waals surface area contributed by atoms with Gasteiger partial charge in [0, 0.05) is 31.0 Å². The van der Waals surface area contributed by atoms with Gasteiger partial charge >= 0.3 is 0 Å². The first-order chi connectivity index (χ1) is 11.6. The van der Waals surface area contributed by atoms with E-state index in [1.807, 2.05) is 0 Å². The average Bonchev–Trinajstić information content (AvgIpc) is 3.15. The zero-order valence-corrected chi connectivity index (χ0v) is 15.4. The lowest BCUT2D eigenvalue weighted by Gasteiger charge is -2.34. The molecular formula is C20H32N2O2. The second-order valence-corrected chi connectivity index (χ2v) is 7.62. The molecule has 1 aliphatic carbocycles. The molecule has 1 N–H and O–H groups in total. The van der Waals surface area contributed by atoms with Crippen LogP contribution in [0.1, 0.15) is 70.3 Å². The molecule has 24 heavy (non-hydrogen) atoms. The second kappa shape index (κ2) is 7.73. The number of hydrogen-bond acceptors (Lipinski definition) is 3. The quantitative estimate of drug-likeness (QED) is 0.823. The van der Waals surface area contributed by atoms with Gasteiger partial charge in [0.1, 0.15) is 11.5 Å². The first-order valence-electron chi connectivity index (χ1n) is 9.73. The number of nitrogens with zero attached hydrogens (tertiary/aromatic N) is 1. The monoisotopic (exact) mass is 332 g/mol. The molecule has 1 saturated heterocycles. The van der Waals surface area contributed by atoms with Gasteiger partial charge in [0.15, 0.2) is 0 Å². The summed E-state index contributed by atoms with van der Waals surface area (Å²) in [6.45, 7) is 9.07. The van der Waals surface area contributed by atoms with Gasteiger partial charge in [0.25, 0.3) is 0 Å². The van der Waals surface area contributed by atoms with E-state index >= 15 is 0 Å². The van der Waals surface area contributed by atoms with Crippen LogP contribution in [0.25, 0.3) is 0 Å². The molecule has 1 amide bonds. The lowest BCUT2D eigenvalue weighted by atomic mass is 9.98. The summed E-state index contributed by atoms with van der Waals surface area (Å²) in [7, 11) is 0. The zero-order valence-electron chi connectivity index (χ0n) is 15.4. The summed E-state index contributed by atoms with van der Waals surface area (Å²) in [6.07, 6.45) is 5.25. The summed E-state index contributed by atoms with van der Waals surface area (Å²) >= 11 is 0. The number of piperidine rings is 1. The van der Waals surface area contributed by atoms with Gasteiger partial charge < -0.3 is 14.6 Å². The van der Waals surface area contributed by atoms with Gasteiger partial charge in [-0.15, -0.1) is 0 Å². The van der Waals surface area contributed by atoms with Crippen molar-refractivity contribution in [3.05, 3.63) is 23.7 Å². The summed E-state index contributed by atoms with van der Waals surface area (Å²) in [5, 5.41) is 3.61. The zero-order chi connectivity index (χ0) is 17.1. The minimum Gasteiger partial charge on any atom is -0.464 e. The molecule has 1 aromatic rings. The van der Waals surface area contributed by atoms with Gasteiger partial charge in [0.05, 0.1) is 6.54 Å².